The maximum absolute atomic E-state index is 12.5. The van der Waals surface area contributed by atoms with Crippen LogP contribution in [0.3, 0.4) is 0 Å². The summed E-state index contributed by atoms with van der Waals surface area (Å²) in [6.07, 6.45) is 3.05. The Morgan fingerprint density at radius 1 is 0.758 bits per heavy atom. The van der Waals surface area contributed by atoms with Gasteiger partial charge < -0.3 is 0 Å². The first-order valence-corrected chi connectivity index (χ1v) is 22.8. The molecule has 176 valence electrons. The van der Waals surface area contributed by atoms with Crippen LogP contribution in [0, 0.1) is 46.7 Å². The molecule has 0 N–H and O–H groups in total. The van der Waals surface area contributed by atoms with Crippen molar-refractivity contribution in [3.8, 4) is 34.4 Å². The van der Waals surface area contributed by atoms with Crippen molar-refractivity contribution in [2.24, 2.45) is 15.0 Å². The lowest BCUT2D eigenvalue weighted by Crippen LogP contribution is -2.23. The quantitative estimate of drug-likeness (QED) is 0.271. The van der Waals surface area contributed by atoms with Crippen molar-refractivity contribution >= 4 is 34.2 Å². The molecule has 0 aromatic heterocycles. The van der Waals surface area contributed by atoms with E-state index in [1.807, 2.05) is 6.92 Å². The second-order valence-corrected chi connectivity index (χ2v) is 26.9. The number of hydrogen-bond donors (Lipinski definition) is 0. The normalized spacial score (nSPS) is 13.0. The molecule has 0 aliphatic rings. The highest BCUT2D eigenvalue weighted by molar-refractivity contribution is 7.90. The van der Waals surface area contributed by atoms with Gasteiger partial charge in [0.05, 0.1) is 4.90 Å². The van der Waals surface area contributed by atoms with E-state index in [4.69, 9.17) is 0 Å². The predicted molar refractivity (Wildman–Crippen MR) is 148 cm³/mol. The zero-order valence-electron chi connectivity index (χ0n) is 21.6. The summed E-state index contributed by atoms with van der Waals surface area (Å²) in [6, 6.07) is 6.51. The van der Waals surface area contributed by atoms with Gasteiger partial charge in [-0.3, -0.25) is 0 Å². The average Bonchev–Trinajstić information content (AvgIpc) is 2.64. The van der Waals surface area contributed by atoms with E-state index in [-0.39, 0.29) is 4.90 Å². The van der Waals surface area contributed by atoms with Crippen LogP contribution >= 0.6 is 0 Å². The molecule has 0 saturated heterocycles. The van der Waals surface area contributed by atoms with Crippen LogP contribution < -0.4 is 0 Å². The first-order valence-electron chi connectivity index (χ1n) is 10.9. The summed E-state index contributed by atoms with van der Waals surface area (Å²) in [7, 11) is -8.98. The van der Waals surface area contributed by atoms with Crippen LogP contribution in [0.4, 0.5) is 0 Å². The molecule has 0 spiro atoms. The zero-order valence-corrected chi connectivity index (χ0v) is 25.4. The number of allylic oxidation sites excluding steroid dienone is 1. The third kappa shape index (κ3) is 12.0. The Morgan fingerprint density at radius 2 is 1.15 bits per heavy atom. The fraction of sp³-hybridized carbons (Fsp3) is 0.440. The van der Waals surface area contributed by atoms with Crippen LogP contribution in [-0.4, -0.2) is 32.6 Å². The van der Waals surface area contributed by atoms with E-state index < -0.39 is 39.7 Å². The van der Waals surface area contributed by atoms with Gasteiger partial charge in [0.2, 0.25) is 0 Å². The Morgan fingerprint density at radius 3 is 1.52 bits per heavy atom. The van der Waals surface area contributed by atoms with Crippen molar-refractivity contribution in [2.75, 3.05) is 0 Å². The summed E-state index contributed by atoms with van der Waals surface area (Å²) in [5.74, 6) is 9.97. The largest absolute Gasteiger partial charge is 0.299 e. The Balaban J connectivity index is 3.55. The van der Waals surface area contributed by atoms with Crippen LogP contribution in [0.1, 0.15) is 5.56 Å². The Hall–Kier alpha value is -2.16. The zero-order chi connectivity index (χ0) is 25.6. The molecular weight excluding hydrogens is 477 g/mol. The van der Waals surface area contributed by atoms with Gasteiger partial charge in [-0.1, -0.05) is 98.9 Å². The van der Waals surface area contributed by atoms with Crippen LogP contribution in [0.2, 0.25) is 58.9 Å². The van der Waals surface area contributed by atoms with Crippen LogP contribution in [0.15, 0.2) is 51.1 Å². The van der Waals surface area contributed by atoms with Gasteiger partial charge >= 0.3 is 0 Å². The smallest absolute Gasteiger partial charge is 0.198 e. The Bertz CT molecular complexity index is 1110. The van der Waals surface area contributed by atoms with Crippen molar-refractivity contribution in [1.29, 1.82) is 0 Å². The van der Waals surface area contributed by atoms with E-state index in [9.17, 15) is 8.42 Å². The number of hydrogen-bond acceptors (Lipinski definition) is 3. The third-order valence-corrected chi connectivity index (χ3v) is 7.57. The Labute approximate surface area is 204 Å². The van der Waals surface area contributed by atoms with Gasteiger partial charge in [0.1, 0.15) is 24.2 Å². The first-order chi connectivity index (χ1) is 14.8. The molecule has 33 heavy (non-hydrogen) atoms. The van der Waals surface area contributed by atoms with Gasteiger partial charge in [-0.25, -0.2) is 0 Å². The molecule has 1 aromatic carbocycles. The maximum Gasteiger partial charge on any atom is 0.299 e. The second kappa shape index (κ2) is 10.8. The minimum absolute atomic E-state index is 0.104. The van der Waals surface area contributed by atoms with E-state index in [0.717, 1.165) is 5.56 Å². The van der Waals surface area contributed by atoms with Crippen LogP contribution in [0.5, 0.6) is 0 Å². The number of aryl methyl sites for hydroxylation is 1. The monoisotopic (exact) mass is 512 g/mol. The lowest BCUT2D eigenvalue weighted by Gasteiger charge is -2.15. The SMILES string of the molecule is Cc1ccc(S(=O)(=O)N=N/C=C\C(C#C[Si](C)(C)C)(C#C[Si](C)(C)C)C#C[Si](C)(C)C)cc1. The van der Waals surface area contributed by atoms with Gasteiger partial charge in [0.25, 0.3) is 10.0 Å². The average molecular weight is 513 g/mol. The van der Waals surface area contributed by atoms with Gasteiger partial charge in [0.15, 0.2) is 5.41 Å². The van der Waals surface area contributed by atoms with Gasteiger partial charge in [-0.15, -0.1) is 21.7 Å². The van der Waals surface area contributed by atoms with Crippen LogP contribution in [0.25, 0.3) is 0 Å². The number of rotatable bonds is 4. The van der Waals surface area contributed by atoms with Crippen molar-refractivity contribution in [2.45, 2.75) is 70.7 Å². The first kappa shape index (κ1) is 28.9. The molecule has 0 radical (unpaired) electrons. The predicted octanol–water partition coefficient (Wildman–Crippen LogP) is 6.28. The van der Waals surface area contributed by atoms with Gasteiger partial charge in [-0.05, 0) is 25.1 Å². The maximum atomic E-state index is 12.5. The molecule has 0 bridgehead atoms. The second-order valence-electron chi connectivity index (χ2n) is 11.1. The third-order valence-electron chi connectivity index (χ3n) is 3.77. The highest BCUT2D eigenvalue weighted by atomic mass is 32.2. The molecule has 0 heterocycles. The molecule has 0 unspecified atom stereocenters. The van der Waals surface area contributed by atoms with E-state index in [2.05, 4.69) is 103 Å². The fourth-order valence-electron chi connectivity index (χ4n) is 2.07. The molecule has 0 aliphatic heterocycles. The number of sulfonamides is 1. The molecule has 0 fully saturated rings. The lowest BCUT2D eigenvalue weighted by molar-refractivity contribution is 0.595. The highest BCUT2D eigenvalue weighted by Gasteiger charge is 2.23. The summed E-state index contributed by atoms with van der Waals surface area (Å²) in [5, 5.41) is 3.85. The summed E-state index contributed by atoms with van der Waals surface area (Å²) < 4.78 is 28.5. The molecule has 1 rings (SSSR count). The van der Waals surface area contributed by atoms with Crippen molar-refractivity contribution in [1.82, 2.24) is 0 Å². The van der Waals surface area contributed by atoms with Gasteiger partial charge in [-0.2, -0.15) is 8.42 Å². The van der Waals surface area contributed by atoms with E-state index in [0.29, 0.717) is 0 Å². The molecular formula is C25H36N2O2SSi3. The molecule has 8 heteroatoms. The van der Waals surface area contributed by atoms with E-state index >= 15 is 0 Å². The standard InChI is InChI=1S/C25H36N2O2SSi3/c1-23-11-13-24(14-12-23)30(28,29)27-26-19-15-25(16-20-31(2,3)4,17-21-32(5,6)7)18-22-33(8,9)10/h11-15,19H,1-10H3/b19-15-,27-26?. The molecule has 1 aromatic rings. The highest BCUT2D eigenvalue weighted by Crippen LogP contribution is 2.20. The van der Waals surface area contributed by atoms with Gasteiger partial charge in [0, 0.05) is 6.20 Å². The van der Waals surface area contributed by atoms with E-state index in [1.165, 1.54) is 18.3 Å². The summed E-state index contributed by atoms with van der Waals surface area (Å²) in [5.41, 5.74) is 10.2. The molecule has 0 amide bonds. The number of benzene rings is 1. The minimum atomic E-state index is -3.88. The molecule has 0 atom stereocenters. The lowest BCUT2D eigenvalue weighted by atomic mass is 9.91. The van der Waals surface area contributed by atoms with Crippen molar-refractivity contribution in [3.05, 3.63) is 42.1 Å². The van der Waals surface area contributed by atoms with Crippen molar-refractivity contribution in [3.63, 3.8) is 0 Å². The van der Waals surface area contributed by atoms with Crippen molar-refractivity contribution < 1.29 is 8.42 Å². The molecule has 0 aliphatic carbocycles. The molecule has 0 saturated carbocycles. The summed E-state index contributed by atoms with van der Waals surface area (Å²) in [6.45, 7) is 21.4. The summed E-state index contributed by atoms with van der Waals surface area (Å²) in [4.78, 5) is 0.104. The fourth-order valence-corrected chi connectivity index (χ4v) is 4.54. The minimum Gasteiger partial charge on any atom is -0.198 e. The number of nitrogens with zero attached hydrogens (tertiary/aromatic N) is 2. The topological polar surface area (TPSA) is 58.9 Å². The van der Waals surface area contributed by atoms with Crippen LogP contribution in [-0.2, 0) is 10.0 Å². The summed E-state index contributed by atoms with van der Waals surface area (Å²) >= 11 is 0. The molecule has 4 nitrogen and oxygen atoms in total. The Kier molecular flexibility index (Phi) is 9.49. The van der Waals surface area contributed by atoms with E-state index in [1.54, 1.807) is 18.2 Å².